The molecule has 0 aromatic rings. The fourth-order valence-corrected chi connectivity index (χ4v) is 10.7. The number of quaternary nitrogens is 1. The molecule has 0 aliphatic rings. The fourth-order valence-electron chi connectivity index (χ4n) is 10.0. The fraction of sp³-hybridized carbons (Fsp3) is 0.868. The molecule has 0 heterocycles. The molecule has 2 N–H and O–H groups in total. The Morgan fingerprint density at radius 1 is 0.442 bits per heavy atom. The first-order valence-electron chi connectivity index (χ1n) is 33.5. The predicted octanol–water partition coefficient (Wildman–Crippen LogP) is 20.4. The highest BCUT2D eigenvalue weighted by Crippen LogP contribution is 2.38. The van der Waals surface area contributed by atoms with Crippen molar-refractivity contribution in [2.45, 2.75) is 341 Å². The van der Waals surface area contributed by atoms with Gasteiger partial charge in [-0.05, 0) is 70.6 Å². The van der Waals surface area contributed by atoms with Gasteiger partial charge in [-0.1, -0.05) is 300 Å². The summed E-state index contributed by atoms with van der Waals surface area (Å²) < 4.78 is 23.4. The normalized spacial score (nSPS) is 14.0. The van der Waals surface area contributed by atoms with Crippen molar-refractivity contribution < 1.29 is 32.9 Å². The summed E-state index contributed by atoms with van der Waals surface area (Å²) in [6.07, 6.45) is 79.6. The van der Waals surface area contributed by atoms with Crippen LogP contribution in [-0.4, -0.2) is 68.5 Å². The molecular formula is C68H131N2O6P. The Hall–Kier alpha value is -1.54. The van der Waals surface area contributed by atoms with E-state index in [0.29, 0.717) is 17.4 Å². The minimum absolute atomic E-state index is 0.00853. The van der Waals surface area contributed by atoms with Gasteiger partial charge in [-0.25, -0.2) is 0 Å². The zero-order chi connectivity index (χ0) is 56.3. The second-order valence-electron chi connectivity index (χ2n) is 24.2. The van der Waals surface area contributed by atoms with Crippen LogP contribution in [0.3, 0.4) is 0 Å². The molecule has 0 saturated carbocycles. The van der Waals surface area contributed by atoms with Gasteiger partial charge in [0.1, 0.15) is 13.2 Å². The van der Waals surface area contributed by atoms with Crippen molar-refractivity contribution in [1.82, 2.24) is 5.32 Å². The molecule has 0 bridgehead atoms. The number of hydrogen-bond acceptors (Lipinski definition) is 6. The molecule has 0 radical (unpaired) electrons. The van der Waals surface area contributed by atoms with Crippen molar-refractivity contribution in [3.63, 3.8) is 0 Å². The molecule has 0 saturated heterocycles. The Balaban J connectivity index is 4.00. The number of nitrogens with zero attached hydrogens (tertiary/aromatic N) is 1. The van der Waals surface area contributed by atoms with Gasteiger partial charge in [0.25, 0.3) is 7.82 Å². The third-order valence-corrected chi connectivity index (χ3v) is 16.2. The average molecular weight is 1100 g/mol. The number of likely N-dealkylation sites (N-methyl/N-ethyl adjacent to an activating group) is 1. The standard InChI is InChI=1S/C68H131N2O6P/c1-6-8-10-12-14-16-18-20-22-24-26-27-28-29-30-31-32-33-34-35-36-37-38-39-40-41-42-43-44-46-48-50-52-54-56-58-60-62-68(72)69-66(65-76-77(73,74)75-64-63-70(3,4)5)67(71)61-59-57-55-53-51-49-47-45-25-23-21-19-17-15-13-11-9-7-2/h25,33-34,45,51,53,59,61,66-67,71H,6-24,26-32,35-44,46-50,52,54-58,60,62-65H2,1-5H3,(H-,69,72,73,74)/b34-33-,45-25+,53-51+,61-59+. The molecule has 9 heteroatoms. The van der Waals surface area contributed by atoms with Crippen LogP contribution in [-0.2, 0) is 18.4 Å². The zero-order valence-electron chi connectivity index (χ0n) is 51.9. The van der Waals surface area contributed by atoms with Crippen molar-refractivity contribution in [2.75, 3.05) is 40.9 Å². The van der Waals surface area contributed by atoms with Gasteiger partial charge in [0.05, 0.1) is 39.9 Å². The van der Waals surface area contributed by atoms with E-state index in [1.54, 1.807) is 6.08 Å². The molecule has 3 unspecified atom stereocenters. The molecule has 0 aromatic heterocycles. The third-order valence-electron chi connectivity index (χ3n) is 15.2. The summed E-state index contributed by atoms with van der Waals surface area (Å²) in [4.78, 5) is 25.5. The van der Waals surface area contributed by atoms with E-state index in [1.165, 1.54) is 263 Å². The van der Waals surface area contributed by atoms with Gasteiger partial charge in [-0.3, -0.25) is 9.36 Å². The van der Waals surface area contributed by atoms with Crippen LogP contribution in [0.1, 0.15) is 328 Å². The van der Waals surface area contributed by atoms with Crippen LogP contribution in [0, 0.1) is 0 Å². The van der Waals surface area contributed by atoms with Crippen LogP contribution in [0.5, 0.6) is 0 Å². The number of aliphatic hydroxyl groups excluding tert-OH is 1. The summed E-state index contributed by atoms with van der Waals surface area (Å²) in [5.74, 6) is -0.207. The summed E-state index contributed by atoms with van der Waals surface area (Å²) in [6.45, 7) is 4.65. The van der Waals surface area contributed by atoms with Crippen molar-refractivity contribution in [2.24, 2.45) is 0 Å². The van der Waals surface area contributed by atoms with Gasteiger partial charge in [0.2, 0.25) is 5.91 Å². The topological polar surface area (TPSA) is 108 Å². The second kappa shape index (κ2) is 59.1. The van der Waals surface area contributed by atoms with Crippen LogP contribution in [0.2, 0.25) is 0 Å². The van der Waals surface area contributed by atoms with Gasteiger partial charge in [-0.15, -0.1) is 0 Å². The lowest BCUT2D eigenvalue weighted by Gasteiger charge is -2.29. The Labute approximate surface area is 479 Å². The minimum atomic E-state index is -4.61. The summed E-state index contributed by atoms with van der Waals surface area (Å²) in [5.41, 5.74) is 0. The number of hydrogen-bond donors (Lipinski definition) is 2. The van der Waals surface area contributed by atoms with Crippen LogP contribution in [0.4, 0.5) is 0 Å². The first-order valence-corrected chi connectivity index (χ1v) is 35.0. The predicted molar refractivity (Wildman–Crippen MR) is 334 cm³/mol. The molecule has 0 spiro atoms. The largest absolute Gasteiger partial charge is 0.756 e. The molecule has 1 amide bonds. The van der Waals surface area contributed by atoms with E-state index in [0.717, 1.165) is 44.9 Å². The minimum Gasteiger partial charge on any atom is -0.756 e. The first kappa shape index (κ1) is 75.5. The average Bonchev–Trinajstić information content (AvgIpc) is 3.39. The molecule has 454 valence electrons. The van der Waals surface area contributed by atoms with E-state index in [4.69, 9.17) is 9.05 Å². The molecule has 0 fully saturated rings. The summed E-state index contributed by atoms with van der Waals surface area (Å²) >= 11 is 0. The summed E-state index contributed by atoms with van der Waals surface area (Å²) in [5, 5.41) is 13.9. The van der Waals surface area contributed by atoms with E-state index >= 15 is 0 Å². The van der Waals surface area contributed by atoms with Crippen molar-refractivity contribution in [3.8, 4) is 0 Å². The second-order valence-corrected chi connectivity index (χ2v) is 25.6. The van der Waals surface area contributed by atoms with E-state index in [1.807, 2.05) is 27.2 Å². The van der Waals surface area contributed by atoms with Crippen LogP contribution < -0.4 is 10.2 Å². The Morgan fingerprint density at radius 2 is 0.727 bits per heavy atom. The highest BCUT2D eigenvalue weighted by atomic mass is 31.2. The SMILES string of the molecule is CCCCCCCCCC/C=C/CC/C=C/CC/C=C/C(O)C(COP(=O)([O-])OCC[N+](C)(C)C)NC(=O)CCCCCCCCCCCCCCCCCCC/C=C\CCCCCCCCCCCCCCCCCC. The Bertz CT molecular complexity index is 1390. The number of allylic oxidation sites excluding steroid dienone is 7. The van der Waals surface area contributed by atoms with E-state index in [2.05, 4.69) is 55.6 Å². The summed E-state index contributed by atoms with van der Waals surface area (Å²) in [6, 6.07) is -0.910. The lowest BCUT2D eigenvalue weighted by atomic mass is 10.0. The van der Waals surface area contributed by atoms with Gasteiger partial charge in [-0.2, -0.15) is 0 Å². The third kappa shape index (κ3) is 61.9. The molecule has 0 aliphatic heterocycles. The van der Waals surface area contributed by atoms with Crippen LogP contribution in [0.15, 0.2) is 48.6 Å². The number of nitrogens with one attached hydrogen (secondary N) is 1. The van der Waals surface area contributed by atoms with Crippen LogP contribution in [0.25, 0.3) is 0 Å². The maximum atomic E-state index is 13.0. The van der Waals surface area contributed by atoms with Crippen molar-refractivity contribution in [3.05, 3.63) is 48.6 Å². The number of carbonyl (C=O) groups is 1. The number of phosphoric acid groups is 1. The quantitative estimate of drug-likeness (QED) is 0.0272. The van der Waals surface area contributed by atoms with Crippen molar-refractivity contribution in [1.29, 1.82) is 0 Å². The Kier molecular flexibility index (Phi) is 57.9. The highest BCUT2D eigenvalue weighted by Gasteiger charge is 2.23. The number of amides is 1. The van der Waals surface area contributed by atoms with Gasteiger partial charge >= 0.3 is 0 Å². The van der Waals surface area contributed by atoms with Crippen molar-refractivity contribution >= 4 is 13.7 Å². The molecule has 0 aromatic carbocycles. The molecule has 8 nitrogen and oxygen atoms in total. The molecule has 0 aliphatic carbocycles. The summed E-state index contributed by atoms with van der Waals surface area (Å²) in [7, 11) is 1.24. The number of phosphoric ester groups is 1. The van der Waals surface area contributed by atoms with Gasteiger partial charge in [0.15, 0.2) is 0 Å². The number of aliphatic hydroxyl groups is 1. The number of rotatable bonds is 62. The maximum absolute atomic E-state index is 13.0. The van der Waals surface area contributed by atoms with E-state index in [-0.39, 0.29) is 12.5 Å². The van der Waals surface area contributed by atoms with Gasteiger partial charge in [0, 0.05) is 6.42 Å². The molecular weight excluding hydrogens is 972 g/mol. The monoisotopic (exact) mass is 1100 g/mol. The first-order chi connectivity index (χ1) is 37.5. The smallest absolute Gasteiger partial charge is 0.268 e. The maximum Gasteiger partial charge on any atom is 0.268 e. The van der Waals surface area contributed by atoms with E-state index in [9.17, 15) is 19.4 Å². The lowest BCUT2D eigenvalue weighted by molar-refractivity contribution is -0.870. The molecule has 77 heavy (non-hydrogen) atoms. The number of carbonyl (C=O) groups excluding carboxylic acids is 1. The van der Waals surface area contributed by atoms with Gasteiger partial charge < -0.3 is 28.8 Å². The number of unbranched alkanes of at least 4 members (excludes halogenated alkanes) is 43. The highest BCUT2D eigenvalue weighted by molar-refractivity contribution is 7.45. The lowest BCUT2D eigenvalue weighted by Crippen LogP contribution is -2.45. The Morgan fingerprint density at radius 3 is 1.05 bits per heavy atom. The molecule has 0 rings (SSSR count). The van der Waals surface area contributed by atoms with E-state index < -0.39 is 26.6 Å². The zero-order valence-corrected chi connectivity index (χ0v) is 52.8. The van der Waals surface area contributed by atoms with Crippen LogP contribution >= 0.6 is 7.82 Å². The molecule has 3 atom stereocenters.